The van der Waals surface area contributed by atoms with E-state index in [9.17, 15) is 14.7 Å². The van der Waals surface area contributed by atoms with Crippen LogP contribution in [-0.2, 0) is 39.7 Å². The third kappa shape index (κ3) is 8.43. The Hall–Kier alpha value is -5.27. The van der Waals surface area contributed by atoms with Gasteiger partial charge in [-0.25, -0.2) is 4.79 Å². The first-order valence-corrected chi connectivity index (χ1v) is 16.9. The molecule has 0 fully saturated rings. The number of methoxy groups -OCH3 is 6. The standard InChI is InChI=1S/C23H24N2O5S.C17H18O4/c1-27-18-15-19(28-2)25-22(24-18)31-20(21(26)29-3)23(30-4,16-11-7-5-8-12-16)17-13-9-6-10-14-17;1-20-16(19)15(18)17(21-2,13-9-5-3-6-10-13)14-11-7-4-8-12-14/h5-15,20H,1-4H3;3-12,15,18H,1-2H3. The Morgan fingerprint density at radius 2 is 0.904 bits per heavy atom. The zero-order valence-electron chi connectivity index (χ0n) is 29.8. The minimum atomic E-state index is -1.47. The molecular weight excluding hydrogens is 685 g/mol. The van der Waals surface area contributed by atoms with Crippen LogP contribution in [0.25, 0.3) is 0 Å². The van der Waals surface area contributed by atoms with Crippen LogP contribution in [0.4, 0.5) is 0 Å². The fourth-order valence-corrected chi connectivity index (χ4v) is 7.04. The van der Waals surface area contributed by atoms with Gasteiger partial charge in [0.05, 0.1) is 34.5 Å². The summed E-state index contributed by atoms with van der Waals surface area (Å²) in [7, 11) is 8.62. The smallest absolute Gasteiger partial charge is 0.338 e. The summed E-state index contributed by atoms with van der Waals surface area (Å²) in [6, 6.07) is 38.9. The second kappa shape index (κ2) is 18.8. The van der Waals surface area contributed by atoms with Crippen LogP contribution in [0.3, 0.4) is 0 Å². The van der Waals surface area contributed by atoms with Crippen molar-refractivity contribution in [2.45, 2.75) is 27.7 Å². The summed E-state index contributed by atoms with van der Waals surface area (Å²) in [5.41, 5.74) is 0.464. The number of nitrogens with zero attached hydrogens (tertiary/aromatic N) is 2. The minimum absolute atomic E-state index is 0.292. The average molecular weight is 727 g/mol. The summed E-state index contributed by atoms with van der Waals surface area (Å²) < 4.78 is 32.2. The van der Waals surface area contributed by atoms with E-state index in [-0.39, 0.29) is 0 Å². The molecule has 0 aliphatic rings. The van der Waals surface area contributed by atoms with Crippen molar-refractivity contribution in [2.75, 3.05) is 42.7 Å². The van der Waals surface area contributed by atoms with Crippen LogP contribution in [0, 0.1) is 0 Å². The van der Waals surface area contributed by atoms with E-state index in [1.54, 1.807) is 13.2 Å². The normalized spacial score (nSPS) is 12.4. The summed E-state index contributed by atoms with van der Waals surface area (Å²) in [6.07, 6.45) is -1.47. The van der Waals surface area contributed by atoms with Crippen LogP contribution in [0.1, 0.15) is 22.3 Å². The van der Waals surface area contributed by atoms with Gasteiger partial charge < -0.3 is 33.5 Å². The molecule has 0 radical (unpaired) electrons. The Bertz CT molecular complexity index is 1750. The number of benzene rings is 4. The van der Waals surface area contributed by atoms with Crippen molar-refractivity contribution >= 4 is 23.7 Å². The highest BCUT2D eigenvalue weighted by molar-refractivity contribution is 8.00. The van der Waals surface area contributed by atoms with Crippen LogP contribution in [0.15, 0.2) is 133 Å². The lowest BCUT2D eigenvalue weighted by Crippen LogP contribution is -2.47. The molecule has 5 rings (SSSR count). The topological polar surface area (TPSA) is 136 Å². The van der Waals surface area contributed by atoms with E-state index in [0.29, 0.717) is 28.0 Å². The summed E-state index contributed by atoms with van der Waals surface area (Å²) >= 11 is 1.12. The van der Waals surface area contributed by atoms with Gasteiger partial charge in [-0.05, 0) is 22.3 Å². The van der Waals surface area contributed by atoms with Crippen molar-refractivity contribution in [1.29, 1.82) is 0 Å². The van der Waals surface area contributed by atoms with Crippen LogP contribution in [-0.4, -0.2) is 81.0 Å². The molecule has 11 nitrogen and oxygen atoms in total. The van der Waals surface area contributed by atoms with Gasteiger partial charge in [0.25, 0.3) is 0 Å². The van der Waals surface area contributed by atoms with Gasteiger partial charge >= 0.3 is 11.9 Å². The first-order valence-electron chi connectivity index (χ1n) is 16.0. The van der Waals surface area contributed by atoms with Crippen molar-refractivity contribution < 1.29 is 43.1 Å². The molecule has 12 heteroatoms. The van der Waals surface area contributed by atoms with E-state index in [1.807, 2.05) is 121 Å². The number of carbonyl (C=O) groups is 2. The number of esters is 2. The molecule has 0 amide bonds. The predicted molar refractivity (Wildman–Crippen MR) is 196 cm³/mol. The monoisotopic (exact) mass is 726 g/mol. The third-order valence-electron chi connectivity index (χ3n) is 8.35. The van der Waals surface area contributed by atoms with Gasteiger partial charge in [0.1, 0.15) is 10.9 Å². The molecule has 1 aromatic heterocycles. The van der Waals surface area contributed by atoms with Crippen LogP contribution in [0.5, 0.6) is 11.8 Å². The van der Waals surface area contributed by atoms with E-state index >= 15 is 0 Å². The maximum atomic E-state index is 13.1. The number of ether oxygens (including phenoxy) is 6. The summed E-state index contributed by atoms with van der Waals surface area (Å²) in [4.78, 5) is 33.8. The van der Waals surface area contributed by atoms with Gasteiger partial charge in [0.2, 0.25) is 11.8 Å². The van der Waals surface area contributed by atoms with Crippen molar-refractivity contribution in [3.05, 3.63) is 150 Å². The largest absolute Gasteiger partial charge is 0.481 e. The fourth-order valence-electron chi connectivity index (χ4n) is 5.82. The first-order chi connectivity index (χ1) is 25.2. The Morgan fingerprint density at radius 1 is 0.558 bits per heavy atom. The molecule has 52 heavy (non-hydrogen) atoms. The molecule has 0 saturated carbocycles. The van der Waals surface area contributed by atoms with Crippen LogP contribution in [0.2, 0.25) is 0 Å². The number of aliphatic hydroxyl groups is 1. The predicted octanol–water partition coefficient (Wildman–Crippen LogP) is 5.83. The number of rotatable bonds is 14. The number of hydrogen-bond donors (Lipinski definition) is 1. The number of aliphatic hydroxyl groups excluding tert-OH is 1. The average Bonchev–Trinajstić information content (AvgIpc) is 3.22. The molecule has 1 heterocycles. The molecule has 2 atom stereocenters. The maximum Gasteiger partial charge on any atom is 0.338 e. The van der Waals surface area contributed by atoms with Crippen molar-refractivity contribution in [1.82, 2.24) is 9.97 Å². The van der Waals surface area contributed by atoms with Gasteiger partial charge in [-0.15, -0.1) is 0 Å². The second-order valence-electron chi connectivity index (χ2n) is 11.0. The molecule has 4 aromatic carbocycles. The highest BCUT2D eigenvalue weighted by Gasteiger charge is 2.49. The molecule has 272 valence electrons. The lowest BCUT2D eigenvalue weighted by Gasteiger charge is -2.38. The minimum Gasteiger partial charge on any atom is -0.481 e. The highest BCUT2D eigenvalue weighted by atomic mass is 32.2. The Morgan fingerprint density at radius 3 is 1.21 bits per heavy atom. The Labute approximate surface area is 307 Å². The third-order valence-corrected chi connectivity index (χ3v) is 9.50. The van der Waals surface area contributed by atoms with Gasteiger partial charge in [0.15, 0.2) is 16.9 Å². The molecule has 0 saturated heterocycles. The Balaban J connectivity index is 0.000000251. The zero-order chi connectivity index (χ0) is 37.6. The van der Waals surface area contributed by atoms with Crippen LogP contribution < -0.4 is 9.47 Å². The quantitative estimate of drug-likeness (QED) is 0.0839. The summed E-state index contributed by atoms with van der Waals surface area (Å²) in [6.45, 7) is 0. The van der Waals surface area contributed by atoms with Crippen molar-refractivity contribution in [2.24, 2.45) is 0 Å². The van der Waals surface area contributed by atoms with E-state index in [0.717, 1.165) is 22.9 Å². The number of thioether (sulfide) groups is 1. The van der Waals surface area contributed by atoms with E-state index in [2.05, 4.69) is 9.97 Å². The maximum absolute atomic E-state index is 13.1. The van der Waals surface area contributed by atoms with Gasteiger partial charge in [-0.1, -0.05) is 133 Å². The van der Waals surface area contributed by atoms with Crippen LogP contribution >= 0.6 is 11.8 Å². The molecular formula is C40H42N2O9S. The molecule has 0 bridgehead atoms. The Kier molecular flexibility index (Phi) is 14.3. The number of hydrogen-bond acceptors (Lipinski definition) is 12. The lowest BCUT2D eigenvalue weighted by atomic mass is 9.81. The van der Waals surface area contributed by atoms with Crippen molar-refractivity contribution in [3.63, 3.8) is 0 Å². The molecule has 1 N–H and O–H groups in total. The van der Waals surface area contributed by atoms with E-state index in [1.165, 1.54) is 35.5 Å². The zero-order valence-corrected chi connectivity index (χ0v) is 30.6. The number of carbonyl (C=O) groups excluding carboxylic acids is 2. The molecule has 0 aliphatic carbocycles. The van der Waals surface area contributed by atoms with Crippen molar-refractivity contribution in [3.8, 4) is 11.8 Å². The second-order valence-corrected chi connectivity index (χ2v) is 12.1. The highest BCUT2D eigenvalue weighted by Crippen LogP contribution is 2.45. The summed E-state index contributed by atoms with van der Waals surface area (Å²) in [5.74, 6) is -0.588. The molecule has 2 unspecified atom stereocenters. The van der Waals surface area contributed by atoms with E-state index in [4.69, 9.17) is 28.4 Å². The fraction of sp³-hybridized carbons (Fsp3) is 0.250. The lowest BCUT2D eigenvalue weighted by molar-refractivity contribution is -0.167. The molecule has 5 aromatic rings. The van der Waals surface area contributed by atoms with Gasteiger partial charge in [-0.2, -0.15) is 9.97 Å². The van der Waals surface area contributed by atoms with E-state index < -0.39 is 34.5 Å². The number of aromatic nitrogens is 2. The van der Waals surface area contributed by atoms with Gasteiger partial charge in [-0.3, -0.25) is 4.79 Å². The summed E-state index contributed by atoms with van der Waals surface area (Å²) in [5, 5.41) is 9.96. The SMILES string of the molecule is COC(=O)C(O)C(OC)(c1ccccc1)c1ccccc1.COC(=O)C(Sc1nc(OC)cc(OC)n1)C(OC)(c1ccccc1)c1ccccc1. The van der Waals surface area contributed by atoms with Gasteiger partial charge in [0, 0.05) is 14.2 Å². The molecule has 0 spiro atoms. The molecule has 0 aliphatic heterocycles. The first kappa shape index (κ1) is 39.5.